The van der Waals surface area contributed by atoms with Crippen molar-refractivity contribution >= 4 is 17.5 Å². The fourth-order valence-corrected chi connectivity index (χ4v) is 2.29. The van der Waals surface area contributed by atoms with E-state index in [1.807, 2.05) is 29.0 Å². The number of hydrogen-bond acceptors (Lipinski definition) is 3. The van der Waals surface area contributed by atoms with Gasteiger partial charge in [-0.05, 0) is 12.1 Å². The number of carbonyl (C=O) groups excluding carboxylic acids is 1. The van der Waals surface area contributed by atoms with E-state index in [4.69, 9.17) is 11.6 Å². The number of halogens is 1. The second kappa shape index (κ2) is 6.44. The predicted molar refractivity (Wildman–Crippen MR) is 83.6 cm³/mol. The average Bonchev–Trinajstić information content (AvgIpc) is 3.19. The zero-order valence-corrected chi connectivity index (χ0v) is 12.4. The van der Waals surface area contributed by atoms with Crippen molar-refractivity contribution in [1.29, 1.82) is 0 Å². The Bertz CT molecular complexity index is 766. The summed E-state index contributed by atoms with van der Waals surface area (Å²) >= 11 is 6.13. The Morgan fingerprint density at radius 2 is 2.23 bits per heavy atom. The predicted octanol–water partition coefficient (Wildman–Crippen LogP) is 2.36. The van der Waals surface area contributed by atoms with E-state index < -0.39 is 0 Å². The van der Waals surface area contributed by atoms with Crippen LogP contribution in [0.2, 0.25) is 5.02 Å². The standard InChI is InChI=1S/C15H14ClN5O/c16-12-4-2-1-3-11(12)13-9-14(20-19-13)15(22)18-6-8-21-7-5-17-10-21/h1-5,7,9-10H,6,8H2,(H,18,22)(H,19,20). The van der Waals surface area contributed by atoms with Crippen molar-refractivity contribution in [3.8, 4) is 11.3 Å². The molecule has 0 fully saturated rings. The van der Waals surface area contributed by atoms with Crippen molar-refractivity contribution < 1.29 is 4.79 Å². The van der Waals surface area contributed by atoms with Crippen LogP contribution in [0, 0.1) is 0 Å². The molecule has 2 N–H and O–H groups in total. The molecule has 3 aromatic rings. The van der Waals surface area contributed by atoms with Crippen LogP contribution >= 0.6 is 11.6 Å². The summed E-state index contributed by atoms with van der Waals surface area (Å²) in [6, 6.07) is 9.06. The third-order valence-corrected chi connectivity index (χ3v) is 3.52. The minimum Gasteiger partial charge on any atom is -0.349 e. The normalized spacial score (nSPS) is 10.6. The molecule has 0 saturated heterocycles. The summed E-state index contributed by atoms with van der Waals surface area (Å²) in [6.45, 7) is 1.17. The van der Waals surface area contributed by atoms with Crippen LogP contribution in [0.15, 0.2) is 49.1 Å². The number of nitrogens with one attached hydrogen (secondary N) is 2. The number of hydrogen-bond donors (Lipinski definition) is 2. The summed E-state index contributed by atoms with van der Waals surface area (Å²) in [5, 5.41) is 10.3. The zero-order chi connectivity index (χ0) is 15.4. The molecule has 0 unspecified atom stereocenters. The van der Waals surface area contributed by atoms with E-state index in [9.17, 15) is 4.79 Å². The highest BCUT2D eigenvalue weighted by Crippen LogP contribution is 2.26. The first-order valence-corrected chi connectivity index (χ1v) is 7.16. The van der Waals surface area contributed by atoms with E-state index in [1.165, 1.54) is 0 Å². The Morgan fingerprint density at radius 1 is 1.36 bits per heavy atom. The van der Waals surface area contributed by atoms with E-state index in [1.54, 1.807) is 24.7 Å². The van der Waals surface area contributed by atoms with Crippen LogP contribution < -0.4 is 5.32 Å². The van der Waals surface area contributed by atoms with Gasteiger partial charge in [-0.3, -0.25) is 9.89 Å². The van der Waals surface area contributed by atoms with Gasteiger partial charge in [0.1, 0.15) is 5.69 Å². The summed E-state index contributed by atoms with van der Waals surface area (Å²) in [6.07, 6.45) is 5.25. The van der Waals surface area contributed by atoms with Gasteiger partial charge in [-0.15, -0.1) is 0 Å². The molecule has 0 bridgehead atoms. The van der Waals surface area contributed by atoms with Gasteiger partial charge in [0.25, 0.3) is 5.91 Å². The number of amides is 1. The molecule has 7 heteroatoms. The Hall–Kier alpha value is -2.60. The third-order valence-electron chi connectivity index (χ3n) is 3.19. The maximum absolute atomic E-state index is 12.1. The number of nitrogens with zero attached hydrogens (tertiary/aromatic N) is 3. The van der Waals surface area contributed by atoms with Gasteiger partial charge < -0.3 is 9.88 Å². The van der Waals surface area contributed by atoms with Crippen molar-refractivity contribution in [2.24, 2.45) is 0 Å². The van der Waals surface area contributed by atoms with E-state index in [2.05, 4.69) is 20.5 Å². The van der Waals surface area contributed by atoms with Gasteiger partial charge in [0.05, 0.1) is 17.0 Å². The number of benzene rings is 1. The molecular formula is C15H14ClN5O. The molecule has 22 heavy (non-hydrogen) atoms. The topological polar surface area (TPSA) is 75.6 Å². The monoisotopic (exact) mass is 315 g/mol. The van der Waals surface area contributed by atoms with Crippen molar-refractivity contribution in [2.45, 2.75) is 6.54 Å². The highest BCUT2D eigenvalue weighted by Gasteiger charge is 2.12. The van der Waals surface area contributed by atoms with Crippen LogP contribution in [0.5, 0.6) is 0 Å². The lowest BCUT2D eigenvalue weighted by atomic mass is 10.1. The number of aromatic amines is 1. The fourth-order valence-electron chi connectivity index (χ4n) is 2.06. The molecule has 3 rings (SSSR count). The molecule has 0 atom stereocenters. The third kappa shape index (κ3) is 3.17. The minimum atomic E-state index is -0.203. The molecule has 0 aliphatic heterocycles. The number of aromatic nitrogens is 4. The van der Waals surface area contributed by atoms with Gasteiger partial charge in [-0.25, -0.2) is 4.98 Å². The van der Waals surface area contributed by atoms with Gasteiger partial charge >= 0.3 is 0 Å². The van der Waals surface area contributed by atoms with Crippen molar-refractivity contribution in [3.05, 3.63) is 59.8 Å². The van der Waals surface area contributed by atoms with E-state index >= 15 is 0 Å². The molecule has 1 amide bonds. The summed E-state index contributed by atoms with van der Waals surface area (Å²) in [5.74, 6) is -0.203. The first kappa shape index (κ1) is 14.3. The van der Waals surface area contributed by atoms with Gasteiger partial charge in [-0.2, -0.15) is 5.10 Å². The van der Waals surface area contributed by atoms with Crippen LogP contribution in [0.3, 0.4) is 0 Å². The van der Waals surface area contributed by atoms with E-state index in [-0.39, 0.29) is 5.91 Å². The molecule has 112 valence electrons. The SMILES string of the molecule is O=C(NCCn1ccnc1)c1cc(-c2ccccc2Cl)n[nH]1. The second-order valence-corrected chi connectivity index (χ2v) is 5.11. The summed E-state index contributed by atoms with van der Waals surface area (Å²) in [4.78, 5) is 16.0. The maximum atomic E-state index is 12.1. The largest absolute Gasteiger partial charge is 0.349 e. The molecule has 1 aromatic carbocycles. The van der Waals surface area contributed by atoms with Gasteiger partial charge in [0.2, 0.25) is 0 Å². The summed E-state index contributed by atoms with van der Waals surface area (Å²) in [5.41, 5.74) is 1.84. The first-order chi connectivity index (χ1) is 10.7. The lowest BCUT2D eigenvalue weighted by Crippen LogP contribution is -2.27. The van der Waals surface area contributed by atoms with Crippen LogP contribution in [-0.2, 0) is 6.54 Å². The van der Waals surface area contributed by atoms with E-state index in [0.717, 1.165) is 5.56 Å². The van der Waals surface area contributed by atoms with Crippen LogP contribution in [-0.4, -0.2) is 32.2 Å². The van der Waals surface area contributed by atoms with Crippen LogP contribution in [0.1, 0.15) is 10.5 Å². The molecule has 0 saturated carbocycles. The molecule has 2 aromatic heterocycles. The molecule has 6 nitrogen and oxygen atoms in total. The number of rotatable bonds is 5. The Kier molecular flexibility index (Phi) is 4.20. The van der Waals surface area contributed by atoms with Crippen molar-refractivity contribution in [1.82, 2.24) is 25.1 Å². The van der Waals surface area contributed by atoms with Gasteiger partial charge in [0, 0.05) is 31.0 Å². The summed E-state index contributed by atoms with van der Waals surface area (Å²) < 4.78 is 1.89. The maximum Gasteiger partial charge on any atom is 0.269 e. The molecule has 2 heterocycles. The highest BCUT2D eigenvalue weighted by atomic mass is 35.5. The minimum absolute atomic E-state index is 0.203. The number of H-pyrrole nitrogens is 1. The second-order valence-electron chi connectivity index (χ2n) is 4.70. The Labute approximate surface area is 132 Å². The van der Waals surface area contributed by atoms with Crippen LogP contribution in [0.4, 0.5) is 0 Å². The first-order valence-electron chi connectivity index (χ1n) is 6.78. The highest BCUT2D eigenvalue weighted by molar-refractivity contribution is 6.33. The zero-order valence-electron chi connectivity index (χ0n) is 11.7. The average molecular weight is 316 g/mol. The van der Waals surface area contributed by atoms with E-state index in [0.29, 0.717) is 29.5 Å². The Morgan fingerprint density at radius 3 is 3.00 bits per heavy atom. The van der Waals surface area contributed by atoms with Gasteiger partial charge in [0.15, 0.2) is 0 Å². The lowest BCUT2D eigenvalue weighted by Gasteiger charge is -2.03. The number of carbonyl (C=O) groups is 1. The molecule has 0 spiro atoms. The Balaban J connectivity index is 1.63. The smallest absolute Gasteiger partial charge is 0.269 e. The summed E-state index contributed by atoms with van der Waals surface area (Å²) in [7, 11) is 0. The fraction of sp³-hybridized carbons (Fsp3) is 0.133. The van der Waals surface area contributed by atoms with Crippen molar-refractivity contribution in [3.63, 3.8) is 0 Å². The molecule has 0 aliphatic carbocycles. The lowest BCUT2D eigenvalue weighted by molar-refractivity contribution is 0.0947. The molecule has 0 aliphatic rings. The number of imidazole rings is 1. The molecular weight excluding hydrogens is 302 g/mol. The van der Waals surface area contributed by atoms with Crippen molar-refractivity contribution in [2.75, 3.05) is 6.54 Å². The quantitative estimate of drug-likeness (QED) is 0.759. The molecule has 0 radical (unpaired) electrons. The van der Waals surface area contributed by atoms with Gasteiger partial charge in [-0.1, -0.05) is 29.8 Å². The van der Waals surface area contributed by atoms with Crippen LogP contribution in [0.25, 0.3) is 11.3 Å².